The maximum Gasteiger partial charge on any atom is 0.105 e. The lowest BCUT2D eigenvalue weighted by atomic mass is 10.4. The molecule has 0 atom stereocenters. The summed E-state index contributed by atoms with van der Waals surface area (Å²) in [7, 11) is 6.11. The van der Waals surface area contributed by atoms with Crippen molar-refractivity contribution < 1.29 is 0 Å². The van der Waals surface area contributed by atoms with E-state index in [2.05, 4.69) is 16.1 Å². The Morgan fingerprint density at radius 1 is 1.55 bits per heavy atom. The second-order valence-corrected chi connectivity index (χ2v) is 3.13. The van der Waals surface area contributed by atoms with Crippen molar-refractivity contribution in [3.8, 4) is 0 Å². The van der Waals surface area contributed by atoms with E-state index in [0.717, 1.165) is 18.1 Å². The molecule has 0 amide bonds. The van der Waals surface area contributed by atoms with Crippen molar-refractivity contribution in [3.05, 3.63) is 17.7 Å². The summed E-state index contributed by atoms with van der Waals surface area (Å²) < 4.78 is 2.04. The van der Waals surface area contributed by atoms with Crippen molar-refractivity contribution in [2.24, 2.45) is 7.05 Å². The number of aryl methyl sites for hydroxylation is 2. The van der Waals surface area contributed by atoms with Gasteiger partial charge in [-0.1, -0.05) is 0 Å². The van der Waals surface area contributed by atoms with Gasteiger partial charge in [0.15, 0.2) is 0 Å². The van der Waals surface area contributed by atoms with Crippen LogP contribution in [0.5, 0.6) is 0 Å². The lowest BCUT2D eigenvalue weighted by molar-refractivity contribution is 0.397. The Bertz CT molecular complexity index is 218. The standard InChI is InChI=1S/C8H15N3/c1-7-9-8(5-10(2)3)6-11(7)4/h6H,5H2,1-4H3. The summed E-state index contributed by atoms with van der Waals surface area (Å²) in [5.41, 5.74) is 1.13. The fourth-order valence-electron chi connectivity index (χ4n) is 1.03. The van der Waals surface area contributed by atoms with Crippen molar-refractivity contribution >= 4 is 0 Å². The quantitative estimate of drug-likeness (QED) is 0.626. The van der Waals surface area contributed by atoms with Crippen LogP contribution < -0.4 is 0 Å². The first kappa shape index (κ1) is 8.27. The van der Waals surface area contributed by atoms with E-state index in [-0.39, 0.29) is 0 Å². The molecule has 62 valence electrons. The van der Waals surface area contributed by atoms with Crippen molar-refractivity contribution in [2.45, 2.75) is 13.5 Å². The highest BCUT2D eigenvalue weighted by Gasteiger charge is 2.00. The number of rotatable bonds is 2. The second-order valence-electron chi connectivity index (χ2n) is 3.13. The molecule has 1 rings (SSSR count). The lowest BCUT2D eigenvalue weighted by Crippen LogP contribution is -2.10. The van der Waals surface area contributed by atoms with Gasteiger partial charge in [-0.2, -0.15) is 0 Å². The summed E-state index contributed by atoms with van der Waals surface area (Å²) in [6.07, 6.45) is 2.06. The third kappa shape index (κ3) is 2.05. The van der Waals surface area contributed by atoms with E-state index in [9.17, 15) is 0 Å². The van der Waals surface area contributed by atoms with Crippen LogP contribution in [0, 0.1) is 6.92 Å². The number of aromatic nitrogens is 2. The average Bonchev–Trinajstić information content (AvgIpc) is 2.10. The Hall–Kier alpha value is -0.830. The number of imidazole rings is 1. The lowest BCUT2D eigenvalue weighted by Gasteiger charge is -2.04. The van der Waals surface area contributed by atoms with Crippen LogP contribution in [0.2, 0.25) is 0 Å². The summed E-state index contributed by atoms with van der Waals surface area (Å²) in [6, 6.07) is 0. The fourth-order valence-corrected chi connectivity index (χ4v) is 1.03. The van der Waals surface area contributed by atoms with Gasteiger partial charge in [0, 0.05) is 19.8 Å². The third-order valence-electron chi connectivity index (χ3n) is 1.64. The van der Waals surface area contributed by atoms with Gasteiger partial charge in [-0.3, -0.25) is 0 Å². The molecule has 0 spiro atoms. The van der Waals surface area contributed by atoms with Crippen molar-refractivity contribution in [2.75, 3.05) is 14.1 Å². The van der Waals surface area contributed by atoms with Gasteiger partial charge in [-0.25, -0.2) is 4.98 Å². The molecule has 0 fully saturated rings. The SMILES string of the molecule is Cc1nc(CN(C)C)cn1C. The molecule has 0 radical (unpaired) electrons. The van der Waals surface area contributed by atoms with E-state index in [1.165, 1.54) is 0 Å². The van der Waals surface area contributed by atoms with Crippen LogP contribution in [0.15, 0.2) is 6.20 Å². The first-order chi connectivity index (χ1) is 5.09. The maximum atomic E-state index is 4.37. The van der Waals surface area contributed by atoms with Gasteiger partial charge >= 0.3 is 0 Å². The summed E-state index contributed by atoms with van der Waals surface area (Å²) in [5.74, 6) is 1.07. The first-order valence-electron chi connectivity index (χ1n) is 3.73. The molecule has 0 saturated carbocycles. The van der Waals surface area contributed by atoms with E-state index in [1.54, 1.807) is 0 Å². The molecule has 3 heteroatoms. The average molecular weight is 153 g/mol. The number of nitrogens with zero attached hydrogens (tertiary/aromatic N) is 3. The minimum atomic E-state index is 0.918. The number of hydrogen-bond donors (Lipinski definition) is 0. The van der Waals surface area contributed by atoms with Gasteiger partial charge < -0.3 is 9.47 Å². The summed E-state index contributed by atoms with van der Waals surface area (Å²) >= 11 is 0. The minimum Gasteiger partial charge on any atom is -0.338 e. The van der Waals surface area contributed by atoms with Crippen molar-refractivity contribution in [3.63, 3.8) is 0 Å². The van der Waals surface area contributed by atoms with Crippen LogP contribution in [0.25, 0.3) is 0 Å². The molecular weight excluding hydrogens is 138 g/mol. The Morgan fingerprint density at radius 3 is 2.55 bits per heavy atom. The molecule has 0 bridgehead atoms. The van der Waals surface area contributed by atoms with Crippen LogP contribution in [-0.4, -0.2) is 28.5 Å². The molecule has 1 heterocycles. The van der Waals surface area contributed by atoms with E-state index < -0.39 is 0 Å². The van der Waals surface area contributed by atoms with Crippen molar-refractivity contribution in [1.29, 1.82) is 0 Å². The highest BCUT2D eigenvalue weighted by atomic mass is 15.1. The number of hydrogen-bond acceptors (Lipinski definition) is 2. The summed E-state index contributed by atoms with van der Waals surface area (Å²) in [6.45, 7) is 2.93. The van der Waals surface area contributed by atoms with Crippen LogP contribution in [0.1, 0.15) is 11.5 Å². The monoisotopic (exact) mass is 153 g/mol. The molecule has 0 aliphatic carbocycles. The molecule has 0 aromatic carbocycles. The molecule has 0 aliphatic rings. The van der Waals surface area contributed by atoms with E-state index in [1.807, 2.05) is 32.6 Å². The fraction of sp³-hybridized carbons (Fsp3) is 0.625. The van der Waals surface area contributed by atoms with Crippen LogP contribution in [0.3, 0.4) is 0 Å². The second kappa shape index (κ2) is 3.05. The zero-order valence-corrected chi connectivity index (χ0v) is 7.63. The molecule has 1 aromatic rings. The van der Waals surface area contributed by atoms with Crippen molar-refractivity contribution in [1.82, 2.24) is 14.5 Å². The van der Waals surface area contributed by atoms with Crippen LogP contribution in [0.4, 0.5) is 0 Å². The molecule has 0 aliphatic heterocycles. The summed E-state index contributed by atoms with van der Waals surface area (Å²) in [4.78, 5) is 6.48. The van der Waals surface area contributed by atoms with Gasteiger partial charge in [0.2, 0.25) is 0 Å². The smallest absolute Gasteiger partial charge is 0.105 e. The zero-order chi connectivity index (χ0) is 8.43. The Balaban J connectivity index is 2.73. The van der Waals surface area contributed by atoms with Gasteiger partial charge in [0.05, 0.1) is 5.69 Å². The largest absolute Gasteiger partial charge is 0.338 e. The van der Waals surface area contributed by atoms with Gasteiger partial charge in [0.1, 0.15) is 5.82 Å². The van der Waals surface area contributed by atoms with E-state index in [0.29, 0.717) is 0 Å². The third-order valence-corrected chi connectivity index (χ3v) is 1.64. The molecule has 0 unspecified atom stereocenters. The topological polar surface area (TPSA) is 21.1 Å². The Labute approximate surface area is 67.7 Å². The molecular formula is C8H15N3. The molecule has 0 N–H and O–H groups in total. The van der Waals surface area contributed by atoms with E-state index in [4.69, 9.17) is 0 Å². The molecule has 11 heavy (non-hydrogen) atoms. The minimum absolute atomic E-state index is 0.918. The maximum absolute atomic E-state index is 4.37. The zero-order valence-electron chi connectivity index (χ0n) is 7.63. The van der Waals surface area contributed by atoms with Crippen LogP contribution >= 0.6 is 0 Å². The predicted octanol–water partition coefficient (Wildman–Crippen LogP) is 0.790. The first-order valence-corrected chi connectivity index (χ1v) is 3.73. The van der Waals surface area contributed by atoms with E-state index >= 15 is 0 Å². The molecule has 0 saturated heterocycles. The molecule has 1 aromatic heterocycles. The summed E-state index contributed by atoms with van der Waals surface area (Å²) in [5, 5.41) is 0. The predicted molar refractivity (Wildman–Crippen MR) is 45.3 cm³/mol. The van der Waals surface area contributed by atoms with Gasteiger partial charge in [-0.15, -0.1) is 0 Å². The Kier molecular flexibility index (Phi) is 2.29. The normalized spacial score (nSPS) is 11.0. The van der Waals surface area contributed by atoms with Crippen LogP contribution in [-0.2, 0) is 13.6 Å². The Morgan fingerprint density at radius 2 is 2.18 bits per heavy atom. The van der Waals surface area contributed by atoms with Gasteiger partial charge in [0.25, 0.3) is 0 Å². The highest BCUT2D eigenvalue weighted by molar-refractivity contribution is 5.01. The highest BCUT2D eigenvalue weighted by Crippen LogP contribution is 2.01. The molecule has 3 nitrogen and oxygen atoms in total. The van der Waals surface area contributed by atoms with Gasteiger partial charge in [-0.05, 0) is 21.0 Å².